The second kappa shape index (κ2) is 10.2. The van der Waals surface area contributed by atoms with Crippen LogP contribution in [0.15, 0.2) is 6.07 Å². The Morgan fingerprint density at radius 1 is 1.50 bits per heavy atom. The van der Waals surface area contributed by atoms with Crippen molar-refractivity contribution >= 4 is 23.2 Å². The second-order valence-electron chi connectivity index (χ2n) is 6.66. The van der Waals surface area contributed by atoms with E-state index >= 15 is 0 Å². The first kappa shape index (κ1) is 21.8. The van der Waals surface area contributed by atoms with E-state index in [0.717, 1.165) is 51.1 Å². The molecule has 0 unspecified atom stereocenters. The molecule has 8 heteroatoms. The quantitative estimate of drug-likeness (QED) is 0.377. The van der Waals surface area contributed by atoms with E-state index in [4.69, 9.17) is 26.8 Å². The zero-order valence-corrected chi connectivity index (χ0v) is 18.4. The summed E-state index contributed by atoms with van der Waals surface area (Å²) in [5.74, 6) is 0.467. The maximum Gasteiger partial charge on any atom is 1.00 e. The summed E-state index contributed by atoms with van der Waals surface area (Å²) in [6, 6.07) is 1.80. The summed E-state index contributed by atoms with van der Waals surface area (Å²) in [5.41, 5.74) is 7.86. The molecule has 1 aromatic carbocycles. The number of piperidine rings is 1. The van der Waals surface area contributed by atoms with Gasteiger partial charge in [0.25, 0.3) is 5.91 Å². The Bertz CT molecular complexity index is 643. The van der Waals surface area contributed by atoms with Gasteiger partial charge >= 0.3 is 29.6 Å². The fourth-order valence-electron chi connectivity index (χ4n) is 3.53. The monoisotopic (exact) mass is 391 g/mol. The molecule has 2 aliphatic heterocycles. The van der Waals surface area contributed by atoms with Crippen molar-refractivity contribution in [3.63, 3.8) is 0 Å². The van der Waals surface area contributed by atoms with Crippen molar-refractivity contribution < 1.29 is 45.3 Å². The zero-order chi connectivity index (χ0) is 17.8. The number of ether oxygens (including phenoxy) is 2. The number of hydrogen-bond acceptors (Lipinski definition) is 5. The maximum atomic E-state index is 12.7. The number of likely N-dealkylation sites (tertiary alicyclic amines) is 1. The van der Waals surface area contributed by atoms with Gasteiger partial charge in [-0.15, -0.1) is 0 Å². The van der Waals surface area contributed by atoms with Crippen LogP contribution in [0.3, 0.4) is 0 Å². The van der Waals surface area contributed by atoms with Gasteiger partial charge in [0.15, 0.2) is 0 Å². The topological polar surface area (TPSA) is 76.8 Å². The molecular weight excluding hydrogens is 365 g/mol. The van der Waals surface area contributed by atoms with E-state index in [2.05, 4.69) is 10.2 Å². The molecule has 0 saturated carbocycles. The molecule has 0 bridgehead atoms. The van der Waals surface area contributed by atoms with Crippen LogP contribution in [-0.2, 0) is 11.2 Å². The molecule has 140 valence electrons. The van der Waals surface area contributed by atoms with Crippen LogP contribution in [-0.4, -0.2) is 56.8 Å². The van der Waals surface area contributed by atoms with Gasteiger partial charge in [-0.1, -0.05) is 11.6 Å². The standard InChI is InChI=1S/C18H26ClN3O3.Na.H/c1-24-9-2-6-22-7-3-12(4-8-22)21-18(23)14-11-15(19)16(20)13-5-10-25-17(13)14;;/h11-12H,2-10,20H2,1H3,(H,21,23);;/q;+1;-1. The van der Waals surface area contributed by atoms with Crippen LogP contribution in [0.2, 0.25) is 5.02 Å². The maximum absolute atomic E-state index is 12.7. The number of anilines is 1. The first-order valence-corrected chi connectivity index (χ1v) is 9.23. The minimum Gasteiger partial charge on any atom is -1.00 e. The number of nitrogen functional groups attached to an aromatic ring is 1. The Balaban J connectivity index is 0.00000182. The van der Waals surface area contributed by atoms with Gasteiger partial charge in [0.05, 0.1) is 22.9 Å². The Labute approximate surface area is 183 Å². The molecule has 0 radical (unpaired) electrons. The Hall–Kier alpha value is -0.500. The zero-order valence-electron chi connectivity index (χ0n) is 16.6. The molecule has 2 aliphatic rings. The number of rotatable bonds is 6. The second-order valence-corrected chi connectivity index (χ2v) is 7.07. The van der Waals surface area contributed by atoms with Crippen molar-refractivity contribution in [3.05, 3.63) is 22.2 Å². The molecule has 2 heterocycles. The minimum atomic E-state index is -0.127. The number of nitrogens with zero attached hydrogens (tertiary/aromatic N) is 1. The number of methoxy groups -OCH3 is 1. The van der Waals surface area contributed by atoms with Crippen LogP contribution >= 0.6 is 11.6 Å². The van der Waals surface area contributed by atoms with Crippen molar-refractivity contribution in [2.75, 3.05) is 45.7 Å². The van der Waals surface area contributed by atoms with E-state index in [-0.39, 0.29) is 42.9 Å². The summed E-state index contributed by atoms with van der Waals surface area (Å²) >= 11 is 6.19. The first-order valence-electron chi connectivity index (χ1n) is 8.86. The molecular formula is C18H27ClN3NaO3. The van der Waals surface area contributed by atoms with Gasteiger partial charge in [-0.3, -0.25) is 4.79 Å². The fraction of sp³-hybridized carbons (Fsp3) is 0.611. The van der Waals surface area contributed by atoms with Crippen molar-refractivity contribution in [2.24, 2.45) is 0 Å². The number of benzene rings is 1. The molecule has 3 rings (SSSR count). The molecule has 1 aromatic rings. The number of amides is 1. The van der Waals surface area contributed by atoms with Gasteiger partial charge in [0, 0.05) is 51.4 Å². The van der Waals surface area contributed by atoms with Gasteiger partial charge in [-0.2, -0.15) is 0 Å². The number of nitrogens with one attached hydrogen (secondary N) is 1. The van der Waals surface area contributed by atoms with Gasteiger partial charge in [-0.05, 0) is 25.3 Å². The summed E-state index contributed by atoms with van der Waals surface area (Å²) in [6.45, 7) is 4.36. The van der Waals surface area contributed by atoms with Crippen LogP contribution in [0.5, 0.6) is 5.75 Å². The SMILES string of the molecule is COCCCN1CCC(NC(=O)c2cc(Cl)c(N)c3c2OCC3)CC1.[H-].[Na+]. The third-order valence-corrected chi connectivity index (χ3v) is 5.27. The average Bonchev–Trinajstić information content (AvgIpc) is 3.10. The van der Waals surface area contributed by atoms with Crippen molar-refractivity contribution in [2.45, 2.75) is 31.7 Å². The summed E-state index contributed by atoms with van der Waals surface area (Å²) in [5, 5.41) is 3.55. The largest absolute Gasteiger partial charge is 1.00 e. The minimum absolute atomic E-state index is 0. The van der Waals surface area contributed by atoms with Crippen LogP contribution in [0.1, 0.15) is 36.6 Å². The number of fused-ring (bicyclic) bond motifs is 1. The van der Waals surface area contributed by atoms with E-state index in [1.807, 2.05) is 0 Å². The summed E-state index contributed by atoms with van der Waals surface area (Å²) in [4.78, 5) is 15.1. The van der Waals surface area contributed by atoms with Gasteiger partial charge in [-0.25, -0.2) is 0 Å². The predicted molar refractivity (Wildman–Crippen MR) is 99.6 cm³/mol. The number of hydrogen-bond donors (Lipinski definition) is 2. The van der Waals surface area contributed by atoms with Crippen molar-refractivity contribution in [1.82, 2.24) is 10.2 Å². The van der Waals surface area contributed by atoms with Gasteiger partial charge in [0.1, 0.15) is 5.75 Å². The molecule has 0 aromatic heterocycles. The van der Waals surface area contributed by atoms with E-state index in [9.17, 15) is 4.79 Å². The molecule has 0 spiro atoms. The summed E-state index contributed by atoms with van der Waals surface area (Å²) in [7, 11) is 1.73. The van der Waals surface area contributed by atoms with Crippen LogP contribution in [0, 0.1) is 0 Å². The molecule has 0 atom stereocenters. The molecule has 1 saturated heterocycles. The first-order chi connectivity index (χ1) is 12.1. The van der Waals surface area contributed by atoms with Crippen LogP contribution in [0.4, 0.5) is 5.69 Å². The number of carbonyl (C=O) groups is 1. The average molecular weight is 392 g/mol. The van der Waals surface area contributed by atoms with Gasteiger partial charge in [0.2, 0.25) is 0 Å². The van der Waals surface area contributed by atoms with Gasteiger partial charge < -0.3 is 26.9 Å². The molecule has 26 heavy (non-hydrogen) atoms. The van der Waals surface area contributed by atoms with Crippen LogP contribution < -0.4 is 45.3 Å². The predicted octanol–water partition coefficient (Wildman–Crippen LogP) is -0.796. The third-order valence-electron chi connectivity index (χ3n) is 4.96. The Kier molecular flexibility index (Phi) is 8.51. The molecule has 1 fully saturated rings. The van der Waals surface area contributed by atoms with E-state index in [1.165, 1.54) is 0 Å². The number of carbonyl (C=O) groups excluding carboxylic acids is 1. The normalized spacial score (nSPS) is 17.3. The Morgan fingerprint density at radius 2 is 2.23 bits per heavy atom. The van der Waals surface area contributed by atoms with E-state index < -0.39 is 0 Å². The molecule has 6 nitrogen and oxygen atoms in total. The van der Waals surface area contributed by atoms with Crippen molar-refractivity contribution in [1.29, 1.82) is 0 Å². The third kappa shape index (κ3) is 5.06. The summed E-state index contributed by atoms with van der Waals surface area (Å²) in [6.07, 6.45) is 3.64. The van der Waals surface area contributed by atoms with E-state index in [1.54, 1.807) is 13.2 Å². The van der Waals surface area contributed by atoms with E-state index in [0.29, 0.717) is 35.1 Å². The fourth-order valence-corrected chi connectivity index (χ4v) is 3.76. The van der Waals surface area contributed by atoms with Crippen LogP contribution in [0.25, 0.3) is 0 Å². The Morgan fingerprint density at radius 3 is 2.92 bits per heavy atom. The van der Waals surface area contributed by atoms with Crippen molar-refractivity contribution in [3.8, 4) is 5.75 Å². The summed E-state index contributed by atoms with van der Waals surface area (Å²) < 4.78 is 10.7. The number of halogens is 1. The smallest absolute Gasteiger partial charge is 1.00 e. The number of nitrogens with two attached hydrogens (primary N) is 1. The molecule has 3 N–H and O–H groups in total. The molecule has 1 amide bonds. The molecule has 0 aliphatic carbocycles.